The molecular weight excluding hydrogens is 356 g/mol. The minimum absolute atomic E-state index is 0.00886. The summed E-state index contributed by atoms with van der Waals surface area (Å²) in [5, 5.41) is 21.2. The lowest BCUT2D eigenvalue weighted by atomic mass is 9.75. The molecule has 2 aliphatic carbocycles. The maximum atomic E-state index is 11.8. The molecule has 1 spiro atoms. The summed E-state index contributed by atoms with van der Waals surface area (Å²) in [5.41, 5.74) is 0.252. The Bertz CT molecular complexity index is 842. The van der Waals surface area contributed by atoms with Crippen LogP contribution in [0, 0.1) is 23.2 Å². The van der Waals surface area contributed by atoms with E-state index in [4.69, 9.17) is 4.74 Å². The minimum atomic E-state index is -0.481. The van der Waals surface area contributed by atoms with Crippen LogP contribution in [0.1, 0.15) is 92.0 Å². The van der Waals surface area contributed by atoms with Gasteiger partial charge in [-0.15, -0.1) is 0 Å². The highest BCUT2D eigenvalue weighted by Crippen LogP contribution is 2.74. The molecule has 0 aromatic heterocycles. The standard InChI is InChI=1S/C23H30O5/c1-12(2)7-14-8-23(6-5-22(13(3)4)9-17(22)23)28-21-16(11-25)19(26)15(10-24)20(27)18(14)21/h10-14,17,26-27H,5-9H2,1-4H3/t14-,17+,22-,23-/m1/s1. The molecular formula is C23H30O5. The van der Waals surface area contributed by atoms with Gasteiger partial charge < -0.3 is 14.9 Å². The molecule has 4 rings (SSSR count). The van der Waals surface area contributed by atoms with Gasteiger partial charge in [0.1, 0.15) is 22.8 Å². The van der Waals surface area contributed by atoms with Crippen LogP contribution in [0.15, 0.2) is 0 Å². The van der Waals surface area contributed by atoms with Gasteiger partial charge in [0.25, 0.3) is 0 Å². The third-order valence-corrected chi connectivity index (χ3v) is 7.72. The highest BCUT2D eigenvalue weighted by molar-refractivity contribution is 5.95. The normalized spacial score (nSPS) is 32.9. The quantitative estimate of drug-likeness (QED) is 0.708. The first-order chi connectivity index (χ1) is 13.2. The Kier molecular flexibility index (Phi) is 4.29. The highest BCUT2D eigenvalue weighted by Gasteiger charge is 2.71. The molecule has 0 unspecified atom stereocenters. The van der Waals surface area contributed by atoms with Crippen molar-refractivity contribution in [2.24, 2.45) is 23.2 Å². The van der Waals surface area contributed by atoms with Crippen LogP contribution < -0.4 is 4.74 Å². The van der Waals surface area contributed by atoms with E-state index in [2.05, 4.69) is 27.7 Å². The van der Waals surface area contributed by atoms with Crippen molar-refractivity contribution < 1.29 is 24.5 Å². The van der Waals surface area contributed by atoms with E-state index in [9.17, 15) is 19.8 Å². The minimum Gasteiger partial charge on any atom is -0.507 e. The van der Waals surface area contributed by atoms with Gasteiger partial charge in [-0.05, 0) is 55.3 Å². The van der Waals surface area contributed by atoms with Gasteiger partial charge in [-0.2, -0.15) is 0 Å². The van der Waals surface area contributed by atoms with Gasteiger partial charge in [0.15, 0.2) is 12.6 Å². The lowest BCUT2D eigenvalue weighted by Crippen LogP contribution is -2.42. The fourth-order valence-corrected chi connectivity index (χ4v) is 6.23. The largest absolute Gasteiger partial charge is 0.507 e. The van der Waals surface area contributed by atoms with E-state index in [1.165, 1.54) is 0 Å². The lowest BCUT2D eigenvalue weighted by Gasteiger charge is -2.43. The molecule has 0 amide bonds. The van der Waals surface area contributed by atoms with Crippen LogP contribution in [0.5, 0.6) is 17.2 Å². The number of carbonyl (C=O) groups is 2. The van der Waals surface area contributed by atoms with E-state index in [-0.39, 0.29) is 28.4 Å². The average molecular weight is 386 g/mol. The molecule has 2 fully saturated rings. The van der Waals surface area contributed by atoms with Crippen LogP contribution in [-0.4, -0.2) is 28.4 Å². The van der Waals surface area contributed by atoms with Crippen LogP contribution in [0.2, 0.25) is 0 Å². The molecule has 4 atom stereocenters. The molecule has 0 radical (unpaired) electrons. The zero-order valence-corrected chi connectivity index (χ0v) is 17.1. The summed E-state index contributed by atoms with van der Waals surface area (Å²) in [6.45, 7) is 8.80. The Morgan fingerprint density at radius 1 is 1.04 bits per heavy atom. The molecule has 1 heterocycles. The van der Waals surface area contributed by atoms with Gasteiger partial charge in [0, 0.05) is 11.5 Å². The first-order valence-corrected chi connectivity index (χ1v) is 10.4. The van der Waals surface area contributed by atoms with Crippen LogP contribution in [-0.2, 0) is 0 Å². The number of benzene rings is 1. The molecule has 2 saturated carbocycles. The Balaban J connectivity index is 1.88. The van der Waals surface area contributed by atoms with E-state index >= 15 is 0 Å². The van der Waals surface area contributed by atoms with Crippen LogP contribution in [0.4, 0.5) is 0 Å². The molecule has 28 heavy (non-hydrogen) atoms. The smallest absolute Gasteiger partial charge is 0.157 e. The predicted molar refractivity (Wildman–Crippen MR) is 105 cm³/mol. The van der Waals surface area contributed by atoms with Gasteiger partial charge in [0.05, 0.1) is 11.1 Å². The third-order valence-electron chi connectivity index (χ3n) is 7.72. The number of ether oxygens (including phenoxy) is 1. The van der Waals surface area contributed by atoms with E-state index in [1.807, 2.05) is 0 Å². The molecule has 3 aliphatic rings. The number of rotatable bonds is 5. The molecule has 1 aromatic carbocycles. The Hall–Kier alpha value is -2.04. The second-order valence-electron chi connectivity index (χ2n) is 9.85. The number of carbonyl (C=O) groups excluding carboxylic acids is 2. The summed E-state index contributed by atoms with van der Waals surface area (Å²) in [4.78, 5) is 23.3. The zero-order valence-electron chi connectivity index (χ0n) is 17.1. The Morgan fingerprint density at radius 2 is 1.71 bits per heavy atom. The van der Waals surface area contributed by atoms with Crippen LogP contribution in [0.3, 0.4) is 0 Å². The fraction of sp³-hybridized carbons (Fsp3) is 0.652. The first-order valence-electron chi connectivity index (χ1n) is 10.4. The van der Waals surface area contributed by atoms with Crippen molar-refractivity contribution in [1.82, 2.24) is 0 Å². The second kappa shape index (κ2) is 6.23. The molecule has 5 nitrogen and oxygen atoms in total. The van der Waals surface area contributed by atoms with Crippen molar-refractivity contribution >= 4 is 12.6 Å². The van der Waals surface area contributed by atoms with Gasteiger partial charge in [-0.3, -0.25) is 9.59 Å². The highest BCUT2D eigenvalue weighted by atomic mass is 16.5. The maximum Gasteiger partial charge on any atom is 0.157 e. The number of hydrogen-bond acceptors (Lipinski definition) is 5. The number of phenolic OH excluding ortho intramolecular Hbond substituents is 2. The topological polar surface area (TPSA) is 83.8 Å². The fourth-order valence-electron chi connectivity index (χ4n) is 6.23. The number of aromatic hydroxyl groups is 2. The molecule has 152 valence electrons. The molecule has 0 saturated heterocycles. The summed E-state index contributed by atoms with van der Waals surface area (Å²) in [6, 6.07) is 0. The molecule has 1 aromatic rings. The summed E-state index contributed by atoms with van der Waals surface area (Å²) >= 11 is 0. The molecule has 0 bridgehead atoms. The van der Waals surface area contributed by atoms with Crippen molar-refractivity contribution in [3.8, 4) is 17.2 Å². The van der Waals surface area contributed by atoms with Gasteiger partial charge in [0.2, 0.25) is 0 Å². The molecule has 5 heteroatoms. The molecule has 2 N–H and O–H groups in total. The average Bonchev–Trinajstić information content (AvgIpc) is 3.30. The number of phenols is 2. The van der Waals surface area contributed by atoms with Gasteiger partial charge in [-0.25, -0.2) is 0 Å². The Labute approximate surface area is 166 Å². The lowest BCUT2D eigenvalue weighted by molar-refractivity contribution is 0.0145. The summed E-state index contributed by atoms with van der Waals surface area (Å²) in [5.74, 6) is 0.968. The number of fused-ring (bicyclic) bond motifs is 3. The van der Waals surface area contributed by atoms with Crippen molar-refractivity contribution in [3.63, 3.8) is 0 Å². The maximum absolute atomic E-state index is 11.8. The summed E-state index contributed by atoms with van der Waals surface area (Å²) in [6.07, 6.45) is 5.74. The summed E-state index contributed by atoms with van der Waals surface area (Å²) in [7, 11) is 0. The second-order valence-corrected chi connectivity index (χ2v) is 9.85. The van der Waals surface area contributed by atoms with E-state index < -0.39 is 5.75 Å². The number of hydrogen-bond donors (Lipinski definition) is 2. The zero-order chi connectivity index (χ0) is 20.4. The summed E-state index contributed by atoms with van der Waals surface area (Å²) < 4.78 is 6.54. The van der Waals surface area contributed by atoms with E-state index in [0.29, 0.717) is 47.1 Å². The Morgan fingerprint density at radius 3 is 2.21 bits per heavy atom. The van der Waals surface area contributed by atoms with Crippen LogP contribution in [0.25, 0.3) is 0 Å². The molecule has 1 aliphatic heterocycles. The van der Waals surface area contributed by atoms with Crippen molar-refractivity contribution in [2.45, 2.75) is 71.3 Å². The van der Waals surface area contributed by atoms with E-state index in [0.717, 1.165) is 32.1 Å². The third kappa shape index (κ3) is 2.44. The van der Waals surface area contributed by atoms with Gasteiger partial charge >= 0.3 is 0 Å². The van der Waals surface area contributed by atoms with Crippen molar-refractivity contribution in [3.05, 3.63) is 16.7 Å². The van der Waals surface area contributed by atoms with Gasteiger partial charge in [-0.1, -0.05) is 27.7 Å². The predicted octanol–water partition coefficient (Wildman–Crippen LogP) is 4.83. The SMILES string of the molecule is CC(C)C[C@@H]1C[C@@]2(CC[C@]3(C(C)C)C[C@H]23)Oc2c(C=O)c(O)c(C=O)c(O)c21. The monoisotopic (exact) mass is 386 g/mol. The number of aldehydes is 2. The van der Waals surface area contributed by atoms with Crippen molar-refractivity contribution in [2.75, 3.05) is 0 Å². The van der Waals surface area contributed by atoms with E-state index in [1.54, 1.807) is 0 Å². The van der Waals surface area contributed by atoms with Crippen molar-refractivity contribution in [1.29, 1.82) is 0 Å². The first kappa shape index (κ1) is 19.3. The van der Waals surface area contributed by atoms with Crippen LogP contribution >= 0.6 is 0 Å².